The Hall–Kier alpha value is -2.06. The van der Waals surface area contributed by atoms with E-state index in [0.717, 1.165) is 32.4 Å². The van der Waals surface area contributed by atoms with E-state index in [0.29, 0.717) is 23.9 Å². The van der Waals surface area contributed by atoms with Gasteiger partial charge in [-0.05, 0) is 73.8 Å². The molecule has 2 aromatic rings. The maximum atomic E-state index is 14.0. The molecular formula is C16H22ClFN6O. The minimum atomic E-state index is -0.446. The van der Waals surface area contributed by atoms with Gasteiger partial charge < -0.3 is 10.6 Å². The van der Waals surface area contributed by atoms with E-state index in [1.165, 1.54) is 10.7 Å². The summed E-state index contributed by atoms with van der Waals surface area (Å²) < 4.78 is 15.3. The molecule has 0 atom stereocenters. The molecule has 136 valence electrons. The average molecular weight is 369 g/mol. The quantitative estimate of drug-likeness (QED) is 0.845. The van der Waals surface area contributed by atoms with Crippen molar-refractivity contribution in [3.63, 3.8) is 0 Å². The van der Waals surface area contributed by atoms with Crippen molar-refractivity contribution in [2.45, 2.75) is 32.6 Å². The average Bonchev–Trinajstić information content (AvgIpc) is 3.01. The first kappa shape index (κ1) is 19.3. The van der Waals surface area contributed by atoms with E-state index in [2.05, 4.69) is 26.2 Å². The number of carbonyl (C=O) groups is 1. The number of nitrogens with one attached hydrogen (secondary N) is 2. The maximum absolute atomic E-state index is 14.0. The Bertz CT molecular complexity index is 716. The Morgan fingerprint density at radius 2 is 2.16 bits per heavy atom. The van der Waals surface area contributed by atoms with Crippen molar-refractivity contribution < 1.29 is 9.18 Å². The van der Waals surface area contributed by atoms with E-state index in [1.54, 1.807) is 19.1 Å². The SMILES string of the molecule is Cc1nnnn1-c1cc(NC(=O)CCC2CCNCC2)ccc1F.Cl. The Balaban J connectivity index is 0.00000225. The highest BCUT2D eigenvalue weighted by Crippen LogP contribution is 2.21. The number of hydrogen-bond donors (Lipinski definition) is 2. The van der Waals surface area contributed by atoms with Gasteiger partial charge in [0.2, 0.25) is 5.91 Å². The third kappa shape index (κ3) is 4.96. The molecular weight excluding hydrogens is 347 g/mol. The number of aryl methyl sites for hydroxylation is 1. The topological polar surface area (TPSA) is 84.7 Å². The number of benzene rings is 1. The highest BCUT2D eigenvalue weighted by atomic mass is 35.5. The van der Waals surface area contributed by atoms with E-state index in [1.807, 2.05) is 0 Å². The number of piperidine rings is 1. The zero-order chi connectivity index (χ0) is 16.9. The monoisotopic (exact) mass is 368 g/mol. The zero-order valence-corrected chi connectivity index (χ0v) is 14.9. The van der Waals surface area contributed by atoms with Crippen molar-refractivity contribution in [3.05, 3.63) is 29.8 Å². The summed E-state index contributed by atoms with van der Waals surface area (Å²) in [4.78, 5) is 12.1. The Morgan fingerprint density at radius 3 is 2.84 bits per heavy atom. The van der Waals surface area contributed by atoms with Crippen molar-refractivity contribution >= 4 is 24.0 Å². The number of aromatic nitrogens is 4. The van der Waals surface area contributed by atoms with Crippen molar-refractivity contribution in [3.8, 4) is 5.69 Å². The first-order valence-electron chi connectivity index (χ1n) is 8.19. The molecule has 3 rings (SSSR count). The Morgan fingerprint density at radius 1 is 1.40 bits per heavy atom. The van der Waals surface area contributed by atoms with Gasteiger partial charge in [-0.2, -0.15) is 4.68 Å². The van der Waals surface area contributed by atoms with Gasteiger partial charge in [0.15, 0.2) is 5.82 Å². The molecule has 0 bridgehead atoms. The van der Waals surface area contributed by atoms with Gasteiger partial charge in [0.05, 0.1) is 0 Å². The highest BCUT2D eigenvalue weighted by molar-refractivity contribution is 5.91. The van der Waals surface area contributed by atoms with E-state index in [4.69, 9.17) is 0 Å². The molecule has 0 aliphatic carbocycles. The van der Waals surface area contributed by atoms with E-state index in [9.17, 15) is 9.18 Å². The summed E-state index contributed by atoms with van der Waals surface area (Å²) in [6.07, 6.45) is 3.59. The molecule has 1 aromatic carbocycles. The molecule has 1 saturated heterocycles. The van der Waals surface area contributed by atoms with Crippen molar-refractivity contribution in [2.24, 2.45) is 5.92 Å². The zero-order valence-electron chi connectivity index (χ0n) is 14.0. The lowest BCUT2D eigenvalue weighted by Crippen LogP contribution is -2.28. The van der Waals surface area contributed by atoms with Crippen LogP contribution in [0.3, 0.4) is 0 Å². The third-order valence-corrected chi connectivity index (χ3v) is 4.32. The van der Waals surface area contributed by atoms with Crippen LogP contribution in [-0.2, 0) is 4.79 Å². The van der Waals surface area contributed by atoms with Gasteiger partial charge in [0, 0.05) is 12.1 Å². The molecule has 0 unspecified atom stereocenters. The molecule has 1 aliphatic heterocycles. The van der Waals surface area contributed by atoms with Gasteiger partial charge in [-0.3, -0.25) is 4.79 Å². The minimum Gasteiger partial charge on any atom is -0.326 e. The summed E-state index contributed by atoms with van der Waals surface area (Å²) in [7, 11) is 0. The summed E-state index contributed by atoms with van der Waals surface area (Å²) >= 11 is 0. The molecule has 0 saturated carbocycles. The number of rotatable bonds is 5. The summed E-state index contributed by atoms with van der Waals surface area (Å²) in [5.74, 6) is 0.575. The fourth-order valence-corrected chi connectivity index (χ4v) is 2.94. The molecule has 25 heavy (non-hydrogen) atoms. The van der Waals surface area contributed by atoms with Crippen molar-refractivity contribution in [1.29, 1.82) is 0 Å². The van der Waals surface area contributed by atoms with Crippen molar-refractivity contribution in [2.75, 3.05) is 18.4 Å². The largest absolute Gasteiger partial charge is 0.326 e. The van der Waals surface area contributed by atoms with Crippen LogP contribution in [0.25, 0.3) is 5.69 Å². The molecule has 1 fully saturated rings. The number of hydrogen-bond acceptors (Lipinski definition) is 5. The van der Waals surface area contributed by atoms with Gasteiger partial charge in [0.25, 0.3) is 0 Å². The Kier molecular flexibility index (Phi) is 6.83. The van der Waals surface area contributed by atoms with Crippen LogP contribution in [0.1, 0.15) is 31.5 Å². The summed E-state index contributed by atoms with van der Waals surface area (Å²) in [5, 5.41) is 17.2. The molecule has 0 radical (unpaired) electrons. The van der Waals surface area contributed by atoms with Crippen LogP contribution in [0.5, 0.6) is 0 Å². The minimum absolute atomic E-state index is 0. The van der Waals surface area contributed by atoms with Gasteiger partial charge in [-0.15, -0.1) is 17.5 Å². The number of amides is 1. The third-order valence-electron chi connectivity index (χ3n) is 4.32. The normalized spacial score (nSPS) is 14.8. The second-order valence-electron chi connectivity index (χ2n) is 6.08. The smallest absolute Gasteiger partial charge is 0.224 e. The standard InChI is InChI=1S/C16H21FN6O.ClH/c1-11-20-21-22-23(11)15-10-13(3-4-14(15)17)19-16(24)5-2-12-6-8-18-9-7-12;/h3-4,10,12,18H,2,5-9H2,1H3,(H,19,24);1H. The van der Waals surface area contributed by atoms with Crippen LogP contribution < -0.4 is 10.6 Å². The first-order chi connectivity index (χ1) is 11.6. The lowest BCUT2D eigenvalue weighted by Gasteiger charge is -2.22. The summed E-state index contributed by atoms with van der Waals surface area (Å²) in [5.41, 5.74) is 0.755. The summed E-state index contributed by atoms with van der Waals surface area (Å²) in [6, 6.07) is 4.39. The lowest BCUT2D eigenvalue weighted by atomic mass is 9.93. The van der Waals surface area contributed by atoms with Crippen LogP contribution in [-0.4, -0.2) is 39.2 Å². The fraction of sp³-hybridized carbons (Fsp3) is 0.500. The van der Waals surface area contributed by atoms with E-state index < -0.39 is 5.82 Å². The molecule has 1 aliphatic rings. The molecule has 1 aromatic heterocycles. The lowest BCUT2D eigenvalue weighted by molar-refractivity contribution is -0.116. The molecule has 1 amide bonds. The van der Waals surface area contributed by atoms with Gasteiger partial charge in [-0.25, -0.2) is 4.39 Å². The number of nitrogens with zero attached hydrogens (tertiary/aromatic N) is 4. The Labute approximate surface area is 151 Å². The fourth-order valence-electron chi connectivity index (χ4n) is 2.94. The number of carbonyl (C=O) groups excluding carboxylic acids is 1. The number of halogens is 2. The molecule has 9 heteroatoms. The molecule has 0 spiro atoms. The number of anilines is 1. The van der Waals surface area contributed by atoms with Crippen LogP contribution in [0.2, 0.25) is 0 Å². The second kappa shape index (κ2) is 8.87. The molecule has 2 N–H and O–H groups in total. The van der Waals surface area contributed by atoms with Gasteiger partial charge in [-0.1, -0.05) is 0 Å². The maximum Gasteiger partial charge on any atom is 0.224 e. The van der Waals surface area contributed by atoms with Crippen LogP contribution in [0.4, 0.5) is 10.1 Å². The van der Waals surface area contributed by atoms with Crippen LogP contribution in [0, 0.1) is 18.7 Å². The summed E-state index contributed by atoms with van der Waals surface area (Å²) in [6.45, 7) is 3.74. The predicted molar refractivity (Wildman–Crippen MR) is 94.6 cm³/mol. The number of tetrazole rings is 1. The first-order valence-corrected chi connectivity index (χ1v) is 8.19. The van der Waals surface area contributed by atoms with Crippen LogP contribution >= 0.6 is 12.4 Å². The van der Waals surface area contributed by atoms with Crippen molar-refractivity contribution in [1.82, 2.24) is 25.5 Å². The highest BCUT2D eigenvalue weighted by Gasteiger charge is 2.15. The van der Waals surface area contributed by atoms with Crippen LogP contribution in [0.15, 0.2) is 18.2 Å². The van der Waals surface area contributed by atoms with E-state index >= 15 is 0 Å². The van der Waals surface area contributed by atoms with Gasteiger partial charge in [0.1, 0.15) is 11.5 Å². The van der Waals surface area contributed by atoms with Gasteiger partial charge >= 0.3 is 0 Å². The van der Waals surface area contributed by atoms with E-state index in [-0.39, 0.29) is 24.0 Å². The molecule has 2 heterocycles. The second-order valence-corrected chi connectivity index (χ2v) is 6.08. The predicted octanol–water partition coefficient (Wildman–Crippen LogP) is 2.25. The molecule has 7 nitrogen and oxygen atoms in total.